The Balaban J connectivity index is 0.00000200. The Kier molecular flexibility index (Phi) is 6.69. The SMILES string of the molecule is CSCC(C)C(=O)NC1CCCc2cc(N)ccc21.Cl. The molecule has 3 N–H and O–H groups in total. The summed E-state index contributed by atoms with van der Waals surface area (Å²) in [6, 6.07) is 6.18. The van der Waals surface area contributed by atoms with Crippen molar-refractivity contribution in [3.8, 4) is 0 Å². The predicted molar refractivity (Wildman–Crippen MR) is 89.5 cm³/mol. The molecule has 3 nitrogen and oxygen atoms in total. The summed E-state index contributed by atoms with van der Waals surface area (Å²) in [4.78, 5) is 12.1. The highest BCUT2D eigenvalue weighted by Gasteiger charge is 2.23. The van der Waals surface area contributed by atoms with Crippen LogP contribution >= 0.6 is 24.2 Å². The van der Waals surface area contributed by atoms with Crippen molar-refractivity contribution in [1.82, 2.24) is 5.32 Å². The fraction of sp³-hybridized carbons (Fsp3) is 0.533. The Hall–Kier alpha value is -0.870. The summed E-state index contributed by atoms with van der Waals surface area (Å²) in [5.41, 5.74) is 9.16. The van der Waals surface area contributed by atoms with Gasteiger partial charge in [-0.15, -0.1) is 12.4 Å². The first-order chi connectivity index (χ1) is 9.11. The van der Waals surface area contributed by atoms with Crippen molar-refractivity contribution in [3.05, 3.63) is 29.3 Å². The molecule has 0 spiro atoms. The molecule has 1 aromatic carbocycles. The van der Waals surface area contributed by atoms with Crippen molar-refractivity contribution in [2.45, 2.75) is 32.2 Å². The van der Waals surface area contributed by atoms with Crippen molar-refractivity contribution in [3.63, 3.8) is 0 Å². The van der Waals surface area contributed by atoms with Gasteiger partial charge in [0.2, 0.25) is 5.91 Å². The lowest BCUT2D eigenvalue weighted by Gasteiger charge is -2.27. The first-order valence-corrected chi connectivity index (χ1v) is 8.19. The van der Waals surface area contributed by atoms with E-state index in [0.29, 0.717) is 0 Å². The van der Waals surface area contributed by atoms with Gasteiger partial charge in [0, 0.05) is 17.4 Å². The number of nitrogens with one attached hydrogen (secondary N) is 1. The van der Waals surface area contributed by atoms with Crippen LogP contribution in [-0.4, -0.2) is 17.9 Å². The second-order valence-electron chi connectivity index (χ2n) is 5.27. The van der Waals surface area contributed by atoms with E-state index in [1.165, 1.54) is 11.1 Å². The summed E-state index contributed by atoms with van der Waals surface area (Å²) in [6.07, 6.45) is 5.22. The molecule has 1 aliphatic carbocycles. The number of hydrogen-bond acceptors (Lipinski definition) is 3. The molecule has 0 fully saturated rings. The van der Waals surface area contributed by atoms with Gasteiger partial charge in [-0.25, -0.2) is 0 Å². The summed E-state index contributed by atoms with van der Waals surface area (Å²) in [5, 5.41) is 3.19. The Labute approximate surface area is 131 Å². The van der Waals surface area contributed by atoms with Crippen LogP contribution in [-0.2, 0) is 11.2 Å². The molecule has 1 amide bonds. The summed E-state index contributed by atoms with van der Waals surface area (Å²) >= 11 is 1.71. The minimum absolute atomic E-state index is 0. The van der Waals surface area contributed by atoms with E-state index in [1.54, 1.807) is 11.8 Å². The van der Waals surface area contributed by atoms with Gasteiger partial charge in [0.15, 0.2) is 0 Å². The molecule has 0 heterocycles. The normalized spacial score (nSPS) is 18.6. The first kappa shape index (κ1) is 17.2. The number of fused-ring (bicyclic) bond motifs is 1. The van der Waals surface area contributed by atoms with E-state index in [2.05, 4.69) is 11.4 Å². The fourth-order valence-corrected chi connectivity index (χ4v) is 3.28. The molecule has 1 aromatic rings. The average molecular weight is 315 g/mol. The van der Waals surface area contributed by atoms with Crippen LogP contribution in [0.1, 0.15) is 36.9 Å². The molecule has 0 saturated heterocycles. The van der Waals surface area contributed by atoms with Gasteiger partial charge < -0.3 is 11.1 Å². The van der Waals surface area contributed by atoms with Crippen LogP contribution in [0, 0.1) is 5.92 Å². The molecule has 0 radical (unpaired) electrons. The number of nitrogens with two attached hydrogens (primary N) is 1. The number of halogens is 1. The maximum atomic E-state index is 12.1. The zero-order valence-corrected chi connectivity index (χ0v) is 13.7. The number of aryl methyl sites for hydroxylation is 1. The van der Waals surface area contributed by atoms with Crippen LogP contribution in [0.25, 0.3) is 0 Å². The molecule has 0 aliphatic heterocycles. The van der Waals surface area contributed by atoms with Gasteiger partial charge >= 0.3 is 0 Å². The zero-order valence-electron chi connectivity index (χ0n) is 12.0. The second-order valence-corrected chi connectivity index (χ2v) is 6.18. The van der Waals surface area contributed by atoms with Crippen LogP contribution < -0.4 is 11.1 Å². The molecule has 20 heavy (non-hydrogen) atoms. The van der Waals surface area contributed by atoms with Gasteiger partial charge in [0.05, 0.1) is 6.04 Å². The quantitative estimate of drug-likeness (QED) is 0.839. The molecule has 0 bridgehead atoms. The van der Waals surface area contributed by atoms with Gasteiger partial charge in [0.25, 0.3) is 0 Å². The zero-order chi connectivity index (χ0) is 13.8. The van der Waals surface area contributed by atoms with Crippen LogP contribution in [0.5, 0.6) is 0 Å². The third kappa shape index (κ3) is 4.06. The van der Waals surface area contributed by atoms with E-state index in [-0.39, 0.29) is 30.3 Å². The van der Waals surface area contributed by atoms with E-state index in [1.807, 2.05) is 25.3 Å². The highest BCUT2D eigenvalue weighted by atomic mass is 35.5. The summed E-state index contributed by atoms with van der Waals surface area (Å²) in [7, 11) is 0. The van der Waals surface area contributed by atoms with Crippen molar-refractivity contribution in [2.75, 3.05) is 17.7 Å². The van der Waals surface area contributed by atoms with E-state index in [4.69, 9.17) is 5.73 Å². The molecular weight excluding hydrogens is 292 g/mol. The topological polar surface area (TPSA) is 55.1 Å². The minimum Gasteiger partial charge on any atom is -0.399 e. The molecule has 0 aromatic heterocycles. The molecule has 2 rings (SSSR count). The number of nitrogen functional groups attached to an aromatic ring is 1. The Morgan fingerprint density at radius 1 is 1.55 bits per heavy atom. The van der Waals surface area contributed by atoms with Crippen LogP contribution in [0.15, 0.2) is 18.2 Å². The maximum absolute atomic E-state index is 12.1. The number of anilines is 1. The summed E-state index contributed by atoms with van der Waals surface area (Å²) in [6.45, 7) is 1.98. The molecule has 0 saturated carbocycles. The monoisotopic (exact) mass is 314 g/mol. The highest BCUT2D eigenvalue weighted by Crippen LogP contribution is 2.31. The second kappa shape index (κ2) is 7.79. The fourth-order valence-electron chi connectivity index (χ4n) is 2.62. The number of thioether (sulfide) groups is 1. The van der Waals surface area contributed by atoms with Gasteiger partial charge in [-0.1, -0.05) is 13.0 Å². The molecule has 112 valence electrons. The van der Waals surface area contributed by atoms with E-state index < -0.39 is 0 Å². The molecular formula is C15H23ClN2OS. The Morgan fingerprint density at radius 2 is 2.30 bits per heavy atom. The Morgan fingerprint density at radius 3 is 3.00 bits per heavy atom. The van der Waals surface area contributed by atoms with Gasteiger partial charge in [-0.05, 0) is 48.8 Å². The van der Waals surface area contributed by atoms with Gasteiger partial charge in [0.1, 0.15) is 0 Å². The molecule has 1 aliphatic rings. The predicted octanol–water partition coefficient (Wildman–Crippen LogP) is 3.18. The highest BCUT2D eigenvalue weighted by molar-refractivity contribution is 7.98. The smallest absolute Gasteiger partial charge is 0.224 e. The van der Waals surface area contributed by atoms with Crippen molar-refractivity contribution in [1.29, 1.82) is 0 Å². The van der Waals surface area contributed by atoms with E-state index in [9.17, 15) is 4.79 Å². The van der Waals surface area contributed by atoms with Crippen molar-refractivity contribution < 1.29 is 4.79 Å². The van der Waals surface area contributed by atoms with Crippen LogP contribution in [0.3, 0.4) is 0 Å². The number of benzene rings is 1. The van der Waals surface area contributed by atoms with Crippen molar-refractivity contribution in [2.24, 2.45) is 5.92 Å². The first-order valence-electron chi connectivity index (χ1n) is 6.79. The number of amides is 1. The third-order valence-corrected chi connectivity index (χ3v) is 4.50. The lowest BCUT2D eigenvalue weighted by molar-refractivity contribution is -0.124. The third-order valence-electron chi connectivity index (χ3n) is 3.66. The van der Waals surface area contributed by atoms with Crippen LogP contribution in [0.2, 0.25) is 0 Å². The number of carbonyl (C=O) groups excluding carboxylic acids is 1. The Bertz CT molecular complexity index is 467. The standard InChI is InChI=1S/C15H22N2OS.ClH/c1-10(9-19-2)15(18)17-14-5-3-4-11-8-12(16)6-7-13(11)14;/h6-8,10,14H,3-5,9,16H2,1-2H3,(H,17,18);1H. The summed E-state index contributed by atoms with van der Waals surface area (Å²) in [5.74, 6) is 1.09. The van der Waals surface area contributed by atoms with E-state index >= 15 is 0 Å². The largest absolute Gasteiger partial charge is 0.399 e. The lowest BCUT2D eigenvalue weighted by atomic mass is 9.87. The average Bonchev–Trinajstić information content (AvgIpc) is 2.38. The molecule has 2 unspecified atom stereocenters. The number of carbonyl (C=O) groups is 1. The van der Waals surface area contributed by atoms with Crippen LogP contribution in [0.4, 0.5) is 5.69 Å². The van der Waals surface area contributed by atoms with Gasteiger partial charge in [-0.2, -0.15) is 11.8 Å². The lowest BCUT2D eigenvalue weighted by Crippen LogP contribution is -2.35. The van der Waals surface area contributed by atoms with Crippen molar-refractivity contribution >= 4 is 35.8 Å². The molecule has 5 heteroatoms. The number of hydrogen-bond donors (Lipinski definition) is 2. The number of rotatable bonds is 4. The minimum atomic E-state index is 0. The van der Waals surface area contributed by atoms with E-state index in [0.717, 1.165) is 30.7 Å². The maximum Gasteiger partial charge on any atom is 0.224 e. The summed E-state index contributed by atoms with van der Waals surface area (Å²) < 4.78 is 0. The molecule has 2 atom stereocenters. The van der Waals surface area contributed by atoms with Gasteiger partial charge in [-0.3, -0.25) is 4.79 Å².